The first-order valence-corrected chi connectivity index (χ1v) is 3.12. The molecule has 9 heavy (non-hydrogen) atoms. The zero-order valence-electron chi connectivity index (χ0n) is 5.11. The molecule has 1 atom stereocenters. The van der Waals surface area contributed by atoms with Gasteiger partial charge in [-0.2, -0.15) is 12.6 Å². The summed E-state index contributed by atoms with van der Waals surface area (Å²) in [6.45, 7) is -0.505. The quantitative estimate of drug-likeness (QED) is 0.381. The number of carboxylic acid groups (broad SMARTS) is 1. The molecule has 0 spiro atoms. The minimum Gasteiger partial charge on any atom is -0.480 e. The Hall–Kier alpha value is -0.260. The van der Waals surface area contributed by atoms with Gasteiger partial charge in [0.25, 0.3) is 0 Å². The number of hydrogen-bond acceptors (Lipinski definition) is 4. The second kappa shape index (κ2) is 7.74. The summed E-state index contributed by atoms with van der Waals surface area (Å²) in [5.41, 5.74) is 4.77. The van der Waals surface area contributed by atoms with Gasteiger partial charge in [-0.3, -0.25) is 4.79 Å². The molecule has 0 aliphatic heterocycles. The Morgan fingerprint density at radius 1 is 1.78 bits per heavy atom. The number of aliphatic carboxylic acids is 1. The van der Waals surface area contributed by atoms with Gasteiger partial charge in [0, 0.05) is 0 Å². The van der Waals surface area contributed by atoms with Crippen molar-refractivity contribution in [2.24, 2.45) is 5.73 Å². The summed E-state index contributed by atoms with van der Waals surface area (Å²) in [4.78, 5) is 9.65. The maximum Gasteiger partial charge on any atom is 0.322 e. The van der Waals surface area contributed by atoms with Crippen molar-refractivity contribution in [3.05, 3.63) is 0 Å². The molecule has 0 aliphatic rings. The molecule has 1 unspecified atom stereocenters. The smallest absolute Gasteiger partial charge is 0.322 e. The van der Waals surface area contributed by atoms with Crippen molar-refractivity contribution in [3.8, 4) is 0 Å². The van der Waals surface area contributed by atoms with Crippen LogP contribution in [-0.4, -0.2) is 35.1 Å². The lowest BCUT2D eigenvalue weighted by Gasteiger charge is -1.96. The van der Waals surface area contributed by atoms with Gasteiger partial charge in [0.05, 0.1) is 6.61 Å². The van der Waals surface area contributed by atoms with Gasteiger partial charge in [-0.05, 0) is 6.26 Å². The van der Waals surface area contributed by atoms with Gasteiger partial charge in [-0.15, -0.1) is 0 Å². The first-order chi connectivity index (χ1) is 4.18. The Bertz CT molecular complexity index is 78.2. The first-order valence-electron chi connectivity index (χ1n) is 2.22. The molecule has 0 aromatic carbocycles. The summed E-state index contributed by atoms with van der Waals surface area (Å²) in [5.74, 6) is -1.18. The fourth-order valence-corrected chi connectivity index (χ4v) is 0.0781. The van der Waals surface area contributed by atoms with E-state index >= 15 is 0 Å². The van der Waals surface area contributed by atoms with E-state index in [4.69, 9.17) is 15.9 Å². The van der Waals surface area contributed by atoms with E-state index < -0.39 is 18.6 Å². The molecule has 0 heterocycles. The molecule has 0 aromatic heterocycles. The molecule has 56 valence electrons. The first kappa shape index (κ1) is 11.5. The monoisotopic (exact) mass is 153 g/mol. The topological polar surface area (TPSA) is 83.5 Å². The van der Waals surface area contributed by atoms with Crippen molar-refractivity contribution in [2.75, 3.05) is 12.9 Å². The molecule has 0 saturated carbocycles. The lowest BCUT2D eigenvalue weighted by molar-refractivity contribution is -0.139. The Kier molecular flexibility index (Phi) is 9.91. The van der Waals surface area contributed by atoms with E-state index in [1.54, 1.807) is 6.26 Å². The van der Waals surface area contributed by atoms with E-state index in [-0.39, 0.29) is 0 Å². The third kappa shape index (κ3) is 7.74. The number of thiol groups is 1. The van der Waals surface area contributed by atoms with Crippen molar-refractivity contribution in [1.29, 1.82) is 0 Å². The van der Waals surface area contributed by atoms with Gasteiger partial charge < -0.3 is 15.9 Å². The van der Waals surface area contributed by atoms with Crippen LogP contribution in [0.25, 0.3) is 0 Å². The van der Waals surface area contributed by atoms with Crippen LogP contribution >= 0.6 is 12.6 Å². The Labute approximate surface area is 59.1 Å². The Balaban J connectivity index is 0. The number of carbonyl (C=O) groups is 1. The average Bonchev–Trinajstić information content (AvgIpc) is 1.91. The van der Waals surface area contributed by atoms with Crippen LogP contribution in [0.5, 0.6) is 0 Å². The maximum atomic E-state index is 9.65. The van der Waals surface area contributed by atoms with Crippen LogP contribution in [0, 0.1) is 0 Å². The lowest BCUT2D eigenvalue weighted by atomic mass is 10.3. The summed E-state index contributed by atoms with van der Waals surface area (Å²) in [6.07, 6.45) is 1.69. The molecule has 0 aromatic rings. The Morgan fingerprint density at radius 2 is 2.11 bits per heavy atom. The minimum atomic E-state index is -1.18. The lowest BCUT2D eigenvalue weighted by Crippen LogP contribution is -2.33. The predicted molar refractivity (Wildman–Crippen MR) is 37.6 cm³/mol. The summed E-state index contributed by atoms with van der Waals surface area (Å²) in [7, 11) is 0. The van der Waals surface area contributed by atoms with E-state index in [2.05, 4.69) is 12.6 Å². The van der Waals surface area contributed by atoms with Gasteiger partial charge >= 0.3 is 5.97 Å². The van der Waals surface area contributed by atoms with E-state index in [9.17, 15) is 4.79 Å². The highest BCUT2D eigenvalue weighted by molar-refractivity contribution is 7.79. The summed E-state index contributed by atoms with van der Waals surface area (Å²) in [5, 5.41) is 15.9. The molecule has 0 fully saturated rings. The Morgan fingerprint density at radius 3 is 2.11 bits per heavy atom. The van der Waals surface area contributed by atoms with E-state index in [1.165, 1.54) is 0 Å². The van der Waals surface area contributed by atoms with Crippen LogP contribution in [0.1, 0.15) is 0 Å². The SMILES string of the molecule is CS.NC(CO)C(=O)O. The number of carboxylic acids is 1. The third-order valence-electron chi connectivity index (χ3n) is 0.514. The van der Waals surface area contributed by atoms with Crippen LogP contribution in [0.15, 0.2) is 0 Å². The number of rotatable bonds is 2. The molecule has 5 heteroatoms. The highest BCUT2D eigenvalue weighted by Gasteiger charge is 2.06. The number of aliphatic hydroxyl groups excluding tert-OH is 1. The van der Waals surface area contributed by atoms with Gasteiger partial charge in [0.15, 0.2) is 0 Å². The molecule has 0 radical (unpaired) electrons. The van der Waals surface area contributed by atoms with Crippen LogP contribution in [0.4, 0.5) is 0 Å². The van der Waals surface area contributed by atoms with Crippen molar-refractivity contribution in [3.63, 3.8) is 0 Å². The second-order valence-electron chi connectivity index (χ2n) is 1.13. The van der Waals surface area contributed by atoms with E-state index in [0.717, 1.165) is 0 Å². The molecular formula is C4H11NO3S. The number of nitrogens with two attached hydrogens (primary N) is 1. The molecule has 4 nitrogen and oxygen atoms in total. The molecule has 0 bridgehead atoms. The number of hydrogen-bond donors (Lipinski definition) is 4. The highest BCUT2D eigenvalue weighted by atomic mass is 32.1. The van der Waals surface area contributed by atoms with E-state index in [0.29, 0.717) is 0 Å². The highest BCUT2D eigenvalue weighted by Crippen LogP contribution is 1.71. The van der Waals surface area contributed by atoms with Crippen LogP contribution in [0.2, 0.25) is 0 Å². The maximum absolute atomic E-state index is 9.65. The van der Waals surface area contributed by atoms with Crippen LogP contribution < -0.4 is 5.73 Å². The molecule has 0 rings (SSSR count). The molecule has 0 amide bonds. The van der Waals surface area contributed by atoms with Crippen molar-refractivity contribution < 1.29 is 15.0 Å². The van der Waals surface area contributed by atoms with Gasteiger partial charge in [-0.1, -0.05) is 0 Å². The molecule has 0 saturated heterocycles. The second-order valence-corrected chi connectivity index (χ2v) is 1.13. The van der Waals surface area contributed by atoms with Crippen molar-refractivity contribution >= 4 is 18.6 Å². The standard InChI is InChI=1S/C3H7NO3.CH4S/c4-2(1-5)3(6)7;1-2/h2,5H,1,4H2,(H,6,7);2H,1H3. The van der Waals surface area contributed by atoms with Crippen LogP contribution in [0.3, 0.4) is 0 Å². The fourth-order valence-electron chi connectivity index (χ4n) is 0.0781. The zero-order valence-corrected chi connectivity index (χ0v) is 6.01. The molecule has 0 aliphatic carbocycles. The van der Waals surface area contributed by atoms with Gasteiger partial charge in [0.1, 0.15) is 6.04 Å². The largest absolute Gasteiger partial charge is 0.480 e. The molecule has 4 N–H and O–H groups in total. The van der Waals surface area contributed by atoms with Gasteiger partial charge in [-0.25, -0.2) is 0 Å². The predicted octanol–water partition coefficient (Wildman–Crippen LogP) is -1.06. The summed E-state index contributed by atoms with van der Waals surface area (Å²) in [6, 6.07) is -1.13. The van der Waals surface area contributed by atoms with Crippen LogP contribution in [-0.2, 0) is 4.79 Å². The number of aliphatic hydroxyl groups is 1. The minimum absolute atomic E-state index is 0.505. The van der Waals surface area contributed by atoms with E-state index in [1.807, 2.05) is 0 Å². The average molecular weight is 153 g/mol. The molecular weight excluding hydrogens is 142 g/mol. The summed E-state index contributed by atoms with van der Waals surface area (Å²) >= 11 is 3.53. The third-order valence-corrected chi connectivity index (χ3v) is 0.514. The van der Waals surface area contributed by atoms with Gasteiger partial charge in [0.2, 0.25) is 0 Å². The fraction of sp³-hybridized carbons (Fsp3) is 0.750. The van der Waals surface area contributed by atoms with Crippen molar-refractivity contribution in [2.45, 2.75) is 6.04 Å². The zero-order chi connectivity index (χ0) is 7.86. The summed E-state index contributed by atoms with van der Waals surface area (Å²) < 4.78 is 0. The van der Waals surface area contributed by atoms with Crippen molar-refractivity contribution in [1.82, 2.24) is 0 Å². The normalized spacial score (nSPS) is 11.1.